The molecule has 1 saturated carbocycles. The van der Waals surface area contributed by atoms with Crippen LogP contribution in [0, 0.1) is 11.3 Å². The van der Waals surface area contributed by atoms with Gasteiger partial charge >= 0.3 is 5.97 Å². The Kier molecular flexibility index (Phi) is 4.14. The van der Waals surface area contributed by atoms with Crippen molar-refractivity contribution in [1.82, 2.24) is 5.32 Å². The fourth-order valence-electron chi connectivity index (χ4n) is 2.09. The number of rotatable bonds is 3. The molecule has 0 aromatic heterocycles. The molecule has 0 aromatic rings. The fraction of sp³-hybridized carbons (Fsp3) is 0.833. The first-order chi connectivity index (χ1) is 7.73. The first kappa shape index (κ1) is 14.0. The van der Waals surface area contributed by atoms with E-state index < -0.39 is 17.9 Å². The number of carbonyl (C=O) groups excluding carboxylic acids is 1. The summed E-state index contributed by atoms with van der Waals surface area (Å²) in [6, 6.07) is -0.883. The standard InChI is InChI=1S/C12H22N2O3/c1-12(2,3)9(13)10(15)14-8-6-4-5-7(8)11(16)17/h7-9H,4-6,13H2,1-3H3,(H,14,15)(H,16,17). The molecule has 3 atom stereocenters. The molecule has 0 spiro atoms. The number of hydrogen-bond acceptors (Lipinski definition) is 3. The van der Waals surface area contributed by atoms with Crippen LogP contribution in [-0.2, 0) is 9.59 Å². The summed E-state index contributed by atoms with van der Waals surface area (Å²) in [6.45, 7) is 5.67. The van der Waals surface area contributed by atoms with Crippen LogP contribution in [0.5, 0.6) is 0 Å². The summed E-state index contributed by atoms with van der Waals surface area (Å²) in [5.74, 6) is -1.56. The van der Waals surface area contributed by atoms with Gasteiger partial charge in [-0.2, -0.15) is 0 Å². The zero-order valence-electron chi connectivity index (χ0n) is 10.7. The van der Waals surface area contributed by atoms with Crippen LogP contribution in [0.25, 0.3) is 0 Å². The number of amides is 1. The molecule has 4 N–H and O–H groups in total. The number of aliphatic carboxylic acids is 1. The maximum absolute atomic E-state index is 11.9. The van der Waals surface area contributed by atoms with Crippen molar-refractivity contribution < 1.29 is 14.7 Å². The van der Waals surface area contributed by atoms with Crippen LogP contribution in [0.3, 0.4) is 0 Å². The number of carboxylic acid groups (broad SMARTS) is 1. The first-order valence-electron chi connectivity index (χ1n) is 6.02. The zero-order chi connectivity index (χ0) is 13.2. The minimum absolute atomic E-state index is 0.254. The average Bonchev–Trinajstić information content (AvgIpc) is 2.63. The van der Waals surface area contributed by atoms with E-state index in [0.29, 0.717) is 6.42 Å². The van der Waals surface area contributed by atoms with Crippen molar-refractivity contribution >= 4 is 11.9 Å². The van der Waals surface area contributed by atoms with Gasteiger partial charge in [0.25, 0.3) is 0 Å². The van der Waals surface area contributed by atoms with Gasteiger partial charge in [-0.3, -0.25) is 9.59 Å². The topological polar surface area (TPSA) is 92.4 Å². The quantitative estimate of drug-likeness (QED) is 0.680. The summed E-state index contributed by atoms with van der Waals surface area (Å²) in [4.78, 5) is 22.9. The van der Waals surface area contributed by atoms with Gasteiger partial charge in [-0.15, -0.1) is 0 Å². The summed E-state index contributed by atoms with van der Waals surface area (Å²) in [5, 5.41) is 11.8. The maximum atomic E-state index is 11.9. The van der Waals surface area contributed by atoms with Gasteiger partial charge in [0.05, 0.1) is 12.0 Å². The van der Waals surface area contributed by atoms with E-state index in [1.54, 1.807) is 0 Å². The van der Waals surface area contributed by atoms with Gasteiger partial charge in [0.15, 0.2) is 0 Å². The number of carboxylic acids is 1. The second-order valence-corrected chi connectivity index (χ2v) is 5.83. The zero-order valence-corrected chi connectivity index (χ0v) is 10.7. The van der Waals surface area contributed by atoms with Gasteiger partial charge in [-0.05, 0) is 18.3 Å². The highest BCUT2D eigenvalue weighted by atomic mass is 16.4. The molecule has 3 unspecified atom stereocenters. The predicted octanol–water partition coefficient (Wildman–Crippen LogP) is 0.729. The molecule has 5 nitrogen and oxygen atoms in total. The van der Waals surface area contributed by atoms with E-state index >= 15 is 0 Å². The minimum Gasteiger partial charge on any atom is -0.481 e. The Balaban J connectivity index is 2.60. The van der Waals surface area contributed by atoms with Crippen LogP contribution in [-0.4, -0.2) is 29.1 Å². The molecule has 1 aliphatic carbocycles. The monoisotopic (exact) mass is 242 g/mol. The molecule has 1 aliphatic rings. The highest BCUT2D eigenvalue weighted by Crippen LogP contribution is 2.26. The third-order valence-electron chi connectivity index (χ3n) is 3.38. The van der Waals surface area contributed by atoms with E-state index in [-0.39, 0.29) is 17.4 Å². The van der Waals surface area contributed by atoms with Gasteiger partial charge < -0.3 is 16.2 Å². The minimum atomic E-state index is -0.836. The molecule has 17 heavy (non-hydrogen) atoms. The van der Waals surface area contributed by atoms with E-state index in [0.717, 1.165) is 12.8 Å². The van der Waals surface area contributed by atoms with E-state index in [1.807, 2.05) is 20.8 Å². The van der Waals surface area contributed by atoms with Gasteiger partial charge in [-0.25, -0.2) is 0 Å². The van der Waals surface area contributed by atoms with E-state index in [4.69, 9.17) is 10.8 Å². The summed E-state index contributed by atoms with van der Waals surface area (Å²) < 4.78 is 0. The van der Waals surface area contributed by atoms with Crippen LogP contribution >= 0.6 is 0 Å². The van der Waals surface area contributed by atoms with Gasteiger partial charge in [-0.1, -0.05) is 27.2 Å². The van der Waals surface area contributed by atoms with E-state index in [2.05, 4.69) is 5.32 Å². The highest BCUT2D eigenvalue weighted by Gasteiger charge is 2.36. The molecular formula is C12H22N2O3. The molecule has 0 heterocycles. The lowest BCUT2D eigenvalue weighted by molar-refractivity contribution is -0.142. The van der Waals surface area contributed by atoms with Crippen LogP contribution in [0.1, 0.15) is 40.0 Å². The predicted molar refractivity (Wildman–Crippen MR) is 64.3 cm³/mol. The van der Waals surface area contributed by atoms with E-state index in [9.17, 15) is 9.59 Å². The Morgan fingerprint density at radius 1 is 1.35 bits per heavy atom. The van der Waals surface area contributed by atoms with Gasteiger partial charge in [0.1, 0.15) is 0 Å². The number of carbonyl (C=O) groups is 2. The second kappa shape index (κ2) is 5.04. The third kappa shape index (κ3) is 3.43. The Morgan fingerprint density at radius 2 is 1.94 bits per heavy atom. The van der Waals surface area contributed by atoms with Crippen molar-refractivity contribution in [3.8, 4) is 0 Å². The Morgan fingerprint density at radius 3 is 2.41 bits per heavy atom. The van der Waals surface area contributed by atoms with Crippen LogP contribution in [0.15, 0.2) is 0 Å². The highest BCUT2D eigenvalue weighted by molar-refractivity contribution is 5.83. The molecule has 0 aromatic carbocycles. The molecule has 0 radical (unpaired) electrons. The Hall–Kier alpha value is -1.10. The molecule has 0 aliphatic heterocycles. The van der Waals surface area contributed by atoms with Crippen molar-refractivity contribution in [2.75, 3.05) is 0 Å². The van der Waals surface area contributed by atoms with Crippen LogP contribution in [0.2, 0.25) is 0 Å². The molecule has 1 amide bonds. The Bertz CT molecular complexity index is 309. The summed E-state index contributed by atoms with van der Waals surface area (Å²) in [5.41, 5.74) is 5.52. The van der Waals surface area contributed by atoms with Gasteiger partial charge in [0.2, 0.25) is 5.91 Å². The number of hydrogen-bond donors (Lipinski definition) is 3. The fourth-order valence-corrected chi connectivity index (χ4v) is 2.09. The lowest BCUT2D eigenvalue weighted by Gasteiger charge is -2.28. The SMILES string of the molecule is CC(C)(C)C(N)C(=O)NC1CCCC1C(=O)O. The molecule has 0 bridgehead atoms. The molecule has 1 rings (SSSR count). The van der Waals surface area contributed by atoms with Gasteiger partial charge in [0, 0.05) is 6.04 Å². The van der Waals surface area contributed by atoms with Crippen molar-refractivity contribution in [1.29, 1.82) is 0 Å². The molecular weight excluding hydrogens is 220 g/mol. The summed E-state index contributed by atoms with van der Waals surface area (Å²) >= 11 is 0. The normalized spacial score (nSPS) is 26.6. The molecule has 0 saturated heterocycles. The summed E-state index contributed by atoms with van der Waals surface area (Å²) in [7, 11) is 0. The van der Waals surface area contributed by atoms with Crippen molar-refractivity contribution in [3.63, 3.8) is 0 Å². The number of nitrogens with two attached hydrogens (primary N) is 1. The van der Waals surface area contributed by atoms with E-state index in [1.165, 1.54) is 0 Å². The largest absolute Gasteiger partial charge is 0.481 e. The first-order valence-corrected chi connectivity index (χ1v) is 6.02. The smallest absolute Gasteiger partial charge is 0.308 e. The Labute approximate surface area is 102 Å². The third-order valence-corrected chi connectivity index (χ3v) is 3.38. The lowest BCUT2D eigenvalue weighted by atomic mass is 9.86. The van der Waals surface area contributed by atoms with Crippen molar-refractivity contribution in [2.45, 2.75) is 52.1 Å². The van der Waals surface area contributed by atoms with Crippen molar-refractivity contribution in [3.05, 3.63) is 0 Å². The molecule has 5 heteroatoms. The number of nitrogens with one attached hydrogen (secondary N) is 1. The molecule has 98 valence electrons. The average molecular weight is 242 g/mol. The second-order valence-electron chi connectivity index (χ2n) is 5.83. The van der Waals surface area contributed by atoms with Crippen LogP contribution in [0.4, 0.5) is 0 Å². The summed E-state index contributed by atoms with van der Waals surface area (Å²) in [6.07, 6.45) is 2.19. The van der Waals surface area contributed by atoms with Crippen LogP contribution < -0.4 is 11.1 Å². The van der Waals surface area contributed by atoms with Crippen molar-refractivity contribution in [2.24, 2.45) is 17.1 Å². The lowest BCUT2D eigenvalue weighted by Crippen LogP contribution is -2.52. The maximum Gasteiger partial charge on any atom is 0.308 e. The molecule has 1 fully saturated rings.